The van der Waals surface area contributed by atoms with Crippen molar-refractivity contribution in [1.82, 2.24) is 19.7 Å². The standard InChI is InChI=1S/C17H18N6O/c1-22-15(5-7-20-22)17-14(9-16(24)23(17)13-2-3-13)21-11-4-6-19-12(8-11)10-18/h4-8,13-14,17H,2-3,9H2,1H3,(H,19,21)/t14-,17-/m1/s1. The minimum atomic E-state index is -0.0533. The number of aryl methyl sites for hydroxylation is 1. The maximum absolute atomic E-state index is 12.6. The highest BCUT2D eigenvalue weighted by atomic mass is 16.2. The third kappa shape index (κ3) is 2.50. The smallest absolute Gasteiger partial charge is 0.225 e. The predicted octanol–water partition coefficient (Wildman–Crippen LogP) is 1.60. The summed E-state index contributed by atoms with van der Waals surface area (Å²) in [4.78, 5) is 18.6. The van der Waals surface area contributed by atoms with Gasteiger partial charge in [0.25, 0.3) is 0 Å². The molecule has 1 saturated heterocycles. The van der Waals surface area contributed by atoms with Crippen LogP contribution in [0.4, 0.5) is 5.69 Å². The molecule has 0 unspecified atom stereocenters. The third-order valence-electron chi connectivity index (χ3n) is 4.69. The molecule has 3 heterocycles. The molecule has 4 rings (SSSR count). The lowest BCUT2D eigenvalue weighted by atomic mass is 10.0. The number of anilines is 1. The number of rotatable bonds is 4. The lowest BCUT2D eigenvalue weighted by Gasteiger charge is -2.29. The van der Waals surface area contributed by atoms with Crippen molar-refractivity contribution in [3.63, 3.8) is 0 Å². The second-order valence-corrected chi connectivity index (χ2v) is 6.35. The summed E-state index contributed by atoms with van der Waals surface area (Å²) in [5.74, 6) is 0.177. The Morgan fingerprint density at radius 1 is 1.33 bits per heavy atom. The first-order valence-electron chi connectivity index (χ1n) is 8.09. The molecule has 0 aromatic carbocycles. The predicted molar refractivity (Wildman–Crippen MR) is 86.8 cm³/mol. The molecule has 1 saturated carbocycles. The molecular formula is C17H18N6O. The van der Waals surface area contributed by atoms with Crippen molar-refractivity contribution in [1.29, 1.82) is 5.26 Å². The third-order valence-corrected chi connectivity index (χ3v) is 4.69. The highest BCUT2D eigenvalue weighted by molar-refractivity contribution is 5.82. The minimum absolute atomic E-state index is 0.0452. The van der Waals surface area contributed by atoms with Crippen LogP contribution in [0.25, 0.3) is 0 Å². The van der Waals surface area contributed by atoms with Gasteiger partial charge in [0, 0.05) is 37.6 Å². The molecule has 1 aliphatic heterocycles. The zero-order valence-electron chi connectivity index (χ0n) is 13.4. The van der Waals surface area contributed by atoms with Gasteiger partial charge in [0.05, 0.1) is 17.8 Å². The van der Waals surface area contributed by atoms with Crippen LogP contribution in [-0.2, 0) is 11.8 Å². The van der Waals surface area contributed by atoms with E-state index in [1.165, 1.54) is 0 Å². The Morgan fingerprint density at radius 2 is 2.17 bits per heavy atom. The molecule has 0 radical (unpaired) electrons. The van der Waals surface area contributed by atoms with Crippen molar-refractivity contribution in [2.24, 2.45) is 7.05 Å². The van der Waals surface area contributed by atoms with E-state index in [0.29, 0.717) is 18.2 Å². The Kier molecular flexibility index (Phi) is 3.45. The van der Waals surface area contributed by atoms with Crippen LogP contribution in [0.3, 0.4) is 0 Å². The van der Waals surface area contributed by atoms with Gasteiger partial charge < -0.3 is 10.2 Å². The molecule has 2 atom stereocenters. The number of pyridine rings is 1. The number of carbonyl (C=O) groups excluding carboxylic acids is 1. The van der Waals surface area contributed by atoms with Gasteiger partial charge >= 0.3 is 0 Å². The molecule has 1 N–H and O–H groups in total. The highest BCUT2D eigenvalue weighted by Crippen LogP contribution is 2.42. The summed E-state index contributed by atoms with van der Waals surface area (Å²) in [6, 6.07) is 7.80. The molecule has 0 spiro atoms. The van der Waals surface area contributed by atoms with Crippen molar-refractivity contribution in [3.05, 3.63) is 42.0 Å². The van der Waals surface area contributed by atoms with E-state index in [1.807, 2.05) is 34.8 Å². The lowest BCUT2D eigenvalue weighted by molar-refractivity contribution is -0.129. The van der Waals surface area contributed by atoms with Crippen molar-refractivity contribution in [3.8, 4) is 6.07 Å². The number of nitrogens with one attached hydrogen (secondary N) is 1. The topological polar surface area (TPSA) is 86.8 Å². The summed E-state index contributed by atoms with van der Waals surface area (Å²) >= 11 is 0. The Balaban J connectivity index is 1.66. The summed E-state index contributed by atoms with van der Waals surface area (Å²) in [5.41, 5.74) is 2.20. The van der Waals surface area contributed by atoms with Gasteiger partial charge in [-0.3, -0.25) is 9.48 Å². The molecular weight excluding hydrogens is 304 g/mol. The van der Waals surface area contributed by atoms with Gasteiger partial charge in [0.2, 0.25) is 5.91 Å². The van der Waals surface area contributed by atoms with Crippen molar-refractivity contribution < 1.29 is 4.79 Å². The molecule has 2 aromatic rings. The molecule has 1 amide bonds. The number of likely N-dealkylation sites (tertiary alicyclic amines) is 1. The molecule has 0 bridgehead atoms. The van der Waals surface area contributed by atoms with Crippen LogP contribution < -0.4 is 5.32 Å². The summed E-state index contributed by atoms with van der Waals surface area (Å²) in [6.45, 7) is 0. The van der Waals surface area contributed by atoms with Crippen molar-refractivity contribution in [2.75, 3.05) is 5.32 Å². The fourth-order valence-corrected chi connectivity index (χ4v) is 3.49. The van der Waals surface area contributed by atoms with Crippen molar-refractivity contribution >= 4 is 11.6 Å². The zero-order valence-corrected chi connectivity index (χ0v) is 13.4. The number of carbonyl (C=O) groups is 1. The number of nitriles is 1. The number of amides is 1. The lowest BCUT2D eigenvalue weighted by Crippen LogP contribution is -2.35. The van der Waals surface area contributed by atoms with E-state index in [2.05, 4.69) is 15.4 Å². The van der Waals surface area contributed by atoms with E-state index in [4.69, 9.17) is 5.26 Å². The monoisotopic (exact) mass is 322 g/mol. The van der Waals surface area contributed by atoms with E-state index in [-0.39, 0.29) is 18.0 Å². The summed E-state index contributed by atoms with van der Waals surface area (Å²) < 4.78 is 1.83. The number of hydrogen-bond acceptors (Lipinski definition) is 5. The molecule has 122 valence electrons. The second kappa shape index (κ2) is 5.64. The fraction of sp³-hybridized carbons (Fsp3) is 0.412. The molecule has 2 aromatic heterocycles. The van der Waals surface area contributed by atoms with Crippen LogP contribution in [0.5, 0.6) is 0 Å². The zero-order chi connectivity index (χ0) is 16.7. The van der Waals surface area contributed by atoms with Gasteiger partial charge in [0.1, 0.15) is 11.8 Å². The van der Waals surface area contributed by atoms with Gasteiger partial charge in [-0.05, 0) is 31.0 Å². The summed E-state index contributed by atoms with van der Waals surface area (Å²) in [6.07, 6.45) is 5.95. The van der Waals surface area contributed by atoms with Crippen molar-refractivity contribution in [2.45, 2.75) is 37.4 Å². The van der Waals surface area contributed by atoms with Crippen LogP contribution in [-0.4, -0.2) is 37.7 Å². The highest BCUT2D eigenvalue weighted by Gasteiger charge is 2.48. The molecule has 7 nitrogen and oxygen atoms in total. The van der Waals surface area contributed by atoms with Crippen LogP contribution in [0.1, 0.15) is 36.7 Å². The Labute approximate surface area is 139 Å². The number of aromatic nitrogens is 3. The first kappa shape index (κ1) is 14.7. The quantitative estimate of drug-likeness (QED) is 0.924. The maximum atomic E-state index is 12.6. The molecule has 2 fully saturated rings. The first-order valence-corrected chi connectivity index (χ1v) is 8.09. The van der Waals surface area contributed by atoms with Crippen LogP contribution >= 0.6 is 0 Å². The molecule has 1 aliphatic carbocycles. The van der Waals surface area contributed by atoms with E-state index < -0.39 is 0 Å². The van der Waals surface area contributed by atoms with Crippen LogP contribution in [0.15, 0.2) is 30.6 Å². The molecule has 2 aliphatic rings. The second-order valence-electron chi connectivity index (χ2n) is 6.35. The van der Waals surface area contributed by atoms with E-state index >= 15 is 0 Å². The fourth-order valence-electron chi connectivity index (χ4n) is 3.49. The van der Waals surface area contributed by atoms with Gasteiger partial charge in [-0.1, -0.05) is 0 Å². The van der Waals surface area contributed by atoms with E-state index in [0.717, 1.165) is 24.2 Å². The van der Waals surface area contributed by atoms with Gasteiger partial charge in [-0.15, -0.1) is 0 Å². The average Bonchev–Trinajstić information content (AvgIpc) is 3.25. The Morgan fingerprint density at radius 3 is 2.83 bits per heavy atom. The van der Waals surface area contributed by atoms with Crippen LogP contribution in [0.2, 0.25) is 0 Å². The van der Waals surface area contributed by atoms with Crippen LogP contribution in [0, 0.1) is 11.3 Å². The SMILES string of the molecule is Cn1nccc1[C@H]1[C@H](Nc2ccnc(C#N)c2)CC(=O)N1C1CC1. The van der Waals surface area contributed by atoms with Gasteiger partial charge in [0.15, 0.2) is 0 Å². The summed E-state index contributed by atoms with van der Waals surface area (Å²) in [7, 11) is 1.90. The normalized spacial score (nSPS) is 23.3. The maximum Gasteiger partial charge on any atom is 0.225 e. The average molecular weight is 322 g/mol. The first-order chi connectivity index (χ1) is 11.7. The Bertz CT molecular complexity index is 818. The number of nitrogens with zero attached hydrogens (tertiary/aromatic N) is 5. The van der Waals surface area contributed by atoms with E-state index in [9.17, 15) is 4.79 Å². The number of hydrogen-bond donors (Lipinski definition) is 1. The minimum Gasteiger partial charge on any atom is -0.379 e. The largest absolute Gasteiger partial charge is 0.379 e. The van der Waals surface area contributed by atoms with Gasteiger partial charge in [-0.2, -0.15) is 10.4 Å². The van der Waals surface area contributed by atoms with E-state index in [1.54, 1.807) is 18.5 Å². The van der Waals surface area contributed by atoms with Gasteiger partial charge in [-0.25, -0.2) is 4.98 Å². The summed E-state index contributed by atoms with van der Waals surface area (Å²) in [5, 5.41) is 16.7. The molecule has 7 heteroatoms. The Hall–Kier alpha value is -2.88. The molecule has 24 heavy (non-hydrogen) atoms.